The summed E-state index contributed by atoms with van der Waals surface area (Å²) in [6.07, 6.45) is 2.91. The van der Waals surface area contributed by atoms with Gasteiger partial charge in [-0.25, -0.2) is 14.4 Å². The summed E-state index contributed by atoms with van der Waals surface area (Å²) in [7, 11) is 3.75. The minimum Gasteiger partial charge on any atom is -0.354 e. The Labute approximate surface area is 222 Å². The lowest BCUT2D eigenvalue weighted by molar-refractivity contribution is 0.0578. The molecule has 1 aliphatic heterocycles. The zero-order valence-electron chi connectivity index (χ0n) is 20.5. The molecule has 1 N–H and O–H groups in total. The van der Waals surface area contributed by atoms with Crippen LogP contribution in [0, 0.1) is 11.7 Å². The molecule has 1 saturated heterocycles. The van der Waals surface area contributed by atoms with E-state index in [2.05, 4.69) is 15.3 Å². The molecule has 7 nitrogen and oxygen atoms in total. The number of hydrogen-bond donors (Lipinski definition) is 1. The minimum absolute atomic E-state index is 0.110. The van der Waals surface area contributed by atoms with Crippen LogP contribution in [0.5, 0.6) is 0 Å². The van der Waals surface area contributed by atoms with Gasteiger partial charge < -0.3 is 15.1 Å². The number of fused-ring (bicyclic) bond motifs is 3. The van der Waals surface area contributed by atoms with Gasteiger partial charge in [-0.1, -0.05) is 29.5 Å². The molecule has 10 heteroatoms. The van der Waals surface area contributed by atoms with E-state index in [0.29, 0.717) is 39.3 Å². The van der Waals surface area contributed by atoms with Crippen molar-refractivity contribution in [2.45, 2.75) is 31.3 Å². The number of amides is 2. The van der Waals surface area contributed by atoms with Gasteiger partial charge in [0.2, 0.25) is 0 Å². The molecule has 37 heavy (non-hydrogen) atoms. The van der Waals surface area contributed by atoms with Gasteiger partial charge in [-0.05, 0) is 55.0 Å². The molecule has 2 aliphatic rings. The molecule has 3 atom stereocenters. The summed E-state index contributed by atoms with van der Waals surface area (Å²) in [5.74, 6) is -0.334. The zero-order valence-corrected chi connectivity index (χ0v) is 22.1. The fourth-order valence-electron chi connectivity index (χ4n) is 5.62. The zero-order chi connectivity index (χ0) is 25.7. The molecule has 0 spiro atoms. The molecular formula is C27H26FN5O2S2. The van der Waals surface area contributed by atoms with Gasteiger partial charge in [0.15, 0.2) is 5.13 Å². The number of nitrogens with one attached hydrogen (secondary N) is 1. The van der Waals surface area contributed by atoms with Gasteiger partial charge in [0.05, 0.1) is 32.2 Å². The van der Waals surface area contributed by atoms with Crippen LogP contribution in [0.25, 0.3) is 20.7 Å². The van der Waals surface area contributed by atoms with Crippen molar-refractivity contribution in [3.05, 3.63) is 65.0 Å². The molecular weight excluding hydrogens is 509 g/mol. The number of benzene rings is 2. The predicted octanol–water partition coefficient (Wildman–Crippen LogP) is 5.05. The van der Waals surface area contributed by atoms with Crippen LogP contribution in [0.1, 0.15) is 40.1 Å². The number of hydrogen-bond acceptors (Lipinski definition) is 7. The van der Waals surface area contributed by atoms with Crippen molar-refractivity contribution in [1.29, 1.82) is 0 Å². The van der Waals surface area contributed by atoms with Crippen LogP contribution in [-0.2, 0) is 0 Å². The Morgan fingerprint density at radius 3 is 2.84 bits per heavy atom. The number of anilines is 1. The predicted molar refractivity (Wildman–Crippen MR) is 145 cm³/mol. The van der Waals surface area contributed by atoms with E-state index in [1.807, 2.05) is 42.1 Å². The maximum absolute atomic E-state index is 14.1. The van der Waals surface area contributed by atoms with Crippen LogP contribution >= 0.6 is 22.7 Å². The first kappa shape index (κ1) is 24.0. The van der Waals surface area contributed by atoms with Crippen molar-refractivity contribution in [3.63, 3.8) is 0 Å². The molecule has 0 radical (unpaired) electrons. The van der Waals surface area contributed by atoms with E-state index < -0.39 is 0 Å². The standard InChI is InChI=1S/C27H26FN5O2S2/c1-32(2)27-31-22(23(37-27)16-5-3-6-17(28)11-16)26(35)33-18-10-9-15(12-18)21(33)13-29-25(34)19-7-4-8-20-24(19)36-14-30-20/h3-8,11,14-15,18,21H,9-10,12-13H2,1-2H3,(H,29,34)/t15-,18+,21+/m0/s1. The SMILES string of the molecule is CN(C)c1nc(C(=O)N2[C@@H]3CC[C@@H](C3)[C@H]2CNC(=O)c2cccc3ncsc23)c(-c2cccc(F)c2)s1. The molecule has 2 fully saturated rings. The van der Waals surface area contributed by atoms with Gasteiger partial charge in [0.1, 0.15) is 11.5 Å². The van der Waals surface area contributed by atoms with Gasteiger partial charge in [-0.15, -0.1) is 11.3 Å². The lowest BCUT2D eigenvalue weighted by Crippen LogP contribution is -2.50. The summed E-state index contributed by atoms with van der Waals surface area (Å²) < 4.78 is 14.9. The summed E-state index contributed by atoms with van der Waals surface area (Å²) in [6, 6.07) is 11.8. The Balaban J connectivity index is 1.28. The Hall–Kier alpha value is -3.37. The minimum atomic E-state index is -0.354. The summed E-state index contributed by atoms with van der Waals surface area (Å²) in [5, 5.41) is 3.78. The smallest absolute Gasteiger partial charge is 0.274 e. The van der Waals surface area contributed by atoms with Crippen LogP contribution in [0.2, 0.25) is 0 Å². The molecule has 2 aromatic heterocycles. The Morgan fingerprint density at radius 1 is 1.19 bits per heavy atom. The first-order valence-electron chi connectivity index (χ1n) is 12.3. The molecule has 4 aromatic rings. The van der Waals surface area contributed by atoms with Gasteiger partial charge in [0.25, 0.3) is 11.8 Å². The highest BCUT2D eigenvalue weighted by Crippen LogP contribution is 2.44. The van der Waals surface area contributed by atoms with Crippen molar-refractivity contribution in [2.24, 2.45) is 5.92 Å². The third-order valence-corrected chi connectivity index (χ3v) is 9.48. The normalized spacial score (nSPS) is 20.5. The summed E-state index contributed by atoms with van der Waals surface area (Å²) in [6.45, 7) is 0.376. The van der Waals surface area contributed by atoms with Gasteiger partial charge >= 0.3 is 0 Å². The van der Waals surface area contributed by atoms with E-state index in [4.69, 9.17) is 0 Å². The Kier molecular flexibility index (Phi) is 6.16. The second kappa shape index (κ2) is 9.50. The van der Waals surface area contributed by atoms with Gasteiger partial charge in [0, 0.05) is 26.7 Å². The highest BCUT2D eigenvalue weighted by Gasteiger charge is 2.49. The number of rotatable bonds is 6. The second-order valence-electron chi connectivity index (χ2n) is 9.80. The quantitative estimate of drug-likeness (QED) is 0.374. The molecule has 3 heterocycles. The number of piperidine rings is 1. The van der Waals surface area contributed by atoms with Crippen LogP contribution in [0.15, 0.2) is 48.0 Å². The summed E-state index contributed by atoms with van der Waals surface area (Å²) >= 11 is 2.83. The number of likely N-dealkylation sites (tertiary alicyclic amines) is 1. The van der Waals surface area contributed by atoms with Crippen molar-refractivity contribution >= 4 is 49.8 Å². The van der Waals surface area contributed by atoms with Crippen molar-refractivity contribution in [1.82, 2.24) is 20.2 Å². The lowest BCUT2D eigenvalue weighted by Gasteiger charge is -2.35. The molecule has 0 unspecified atom stereocenters. The van der Waals surface area contributed by atoms with Gasteiger partial charge in [-0.3, -0.25) is 9.59 Å². The van der Waals surface area contributed by atoms with E-state index >= 15 is 0 Å². The third-order valence-electron chi connectivity index (χ3n) is 7.34. The van der Waals surface area contributed by atoms with E-state index in [1.54, 1.807) is 17.6 Å². The summed E-state index contributed by atoms with van der Waals surface area (Å²) in [5.41, 5.74) is 4.13. The van der Waals surface area contributed by atoms with Crippen LogP contribution in [0.3, 0.4) is 0 Å². The Morgan fingerprint density at radius 2 is 2.03 bits per heavy atom. The highest BCUT2D eigenvalue weighted by atomic mass is 32.1. The average molecular weight is 536 g/mol. The third kappa shape index (κ3) is 4.27. The van der Waals surface area contributed by atoms with Crippen molar-refractivity contribution in [3.8, 4) is 10.4 Å². The molecule has 190 valence electrons. The lowest BCUT2D eigenvalue weighted by atomic mass is 9.98. The summed E-state index contributed by atoms with van der Waals surface area (Å²) in [4.78, 5) is 40.6. The van der Waals surface area contributed by atoms with Crippen LogP contribution in [0.4, 0.5) is 9.52 Å². The molecule has 2 aromatic carbocycles. The molecule has 6 rings (SSSR count). The number of carbonyl (C=O) groups is 2. The van der Waals surface area contributed by atoms with E-state index in [-0.39, 0.29) is 29.7 Å². The number of thiazole rings is 2. The fourth-order valence-corrected chi connectivity index (χ4v) is 7.40. The average Bonchev–Trinajstić information content (AvgIpc) is 3.69. The first-order chi connectivity index (χ1) is 17.9. The number of halogens is 1. The van der Waals surface area contributed by atoms with Crippen LogP contribution < -0.4 is 10.2 Å². The fraction of sp³-hybridized carbons (Fsp3) is 0.333. The molecule has 2 bridgehead atoms. The van der Waals surface area contributed by atoms with E-state index in [0.717, 1.165) is 29.5 Å². The molecule has 1 aliphatic carbocycles. The number of nitrogens with zero attached hydrogens (tertiary/aromatic N) is 4. The number of aromatic nitrogens is 2. The maximum atomic E-state index is 14.1. The van der Waals surface area contributed by atoms with Crippen molar-refractivity contribution in [2.75, 3.05) is 25.5 Å². The largest absolute Gasteiger partial charge is 0.354 e. The molecule has 2 amide bonds. The number of carbonyl (C=O) groups excluding carboxylic acids is 2. The van der Waals surface area contributed by atoms with Crippen LogP contribution in [-0.4, -0.2) is 59.4 Å². The topological polar surface area (TPSA) is 78.4 Å². The monoisotopic (exact) mass is 535 g/mol. The first-order valence-corrected chi connectivity index (χ1v) is 14.0. The Bertz CT molecular complexity index is 1500. The molecule has 1 saturated carbocycles. The maximum Gasteiger partial charge on any atom is 0.274 e. The van der Waals surface area contributed by atoms with E-state index in [9.17, 15) is 14.0 Å². The second-order valence-corrected chi connectivity index (χ2v) is 11.6. The van der Waals surface area contributed by atoms with E-state index in [1.165, 1.54) is 34.8 Å². The highest BCUT2D eigenvalue weighted by molar-refractivity contribution is 7.19. The van der Waals surface area contributed by atoms with Gasteiger partial charge in [-0.2, -0.15) is 0 Å². The van der Waals surface area contributed by atoms with Crippen molar-refractivity contribution < 1.29 is 14.0 Å².